The number of aryl methyl sites for hydroxylation is 1. The molecule has 4 heterocycles. The van der Waals surface area contributed by atoms with Crippen molar-refractivity contribution in [2.45, 2.75) is 45.1 Å². The highest BCUT2D eigenvalue weighted by molar-refractivity contribution is 6.12. The summed E-state index contributed by atoms with van der Waals surface area (Å²) in [6, 6.07) is 9.04. The quantitative estimate of drug-likeness (QED) is 0.279. The minimum Gasteiger partial charge on any atom is -0.369 e. The molecule has 210 valence electrons. The molecule has 3 N–H and O–H groups in total. The number of carbonyl (C=O) groups excluding carboxylic acids is 1. The molecule has 2 aromatic carbocycles. The zero-order valence-corrected chi connectivity index (χ0v) is 23.2. The van der Waals surface area contributed by atoms with Crippen LogP contribution in [0.4, 0.5) is 10.1 Å². The number of nitrogens with zero attached hydrogens (tertiary/aromatic N) is 5. The Balaban J connectivity index is 1.19. The summed E-state index contributed by atoms with van der Waals surface area (Å²) in [4.78, 5) is 31.8. The normalized spacial score (nSPS) is 17.2. The number of halogens is 1. The minimum atomic E-state index is -0.486. The van der Waals surface area contributed by atoms with Gasteiger partial charge in [-0.25, -0.2) is 14.4 Å². The van der Waals surface area contributed by atoms with E-state index in [1.54, 1.807) is 13.0 Å². The van der Waals surface area contributed by atoms with Crippen molar-refractivity contribution >= 4 is 33.5 Å². The highest BCUT2D eigenvalue weighted by Crippen LogP contribution is 2.46. The second-order valence-electron chi connectivity index (χ2n) is 11.4. The second-order valence-corrected chi connectivity index (χ2v) is 11.4. The Bertz CT molecular complexity index is 1800. The van der Waals surface area contributed by atoms with Gasteiger partial charge < -0.3 is 25.0 Å². The van der Waals surface area contributed by atoms with E-state index in [0.717, 1.165) is 66.6 Å². The lowest BCUT2D eigenvalue weighted by atomic mass is 9.96. The first kappa shape index (κ1) is 25.6. The predicted octanol–water partition coefficient (Wildman–Crippen LogP) is 4.56. The van der Waals surface area contributed by atoms with Crippen LogP contribution in [0.5, 0.6) is 0 Å². The van der Waals surface area contributed by atoms with Crippen LogP contribution >= 0.6 is 0 Å². The van der Waals surface area contributed by atoms with Crippen LogP contribution in [0.15, 0.2) is 41.2 Å². The molecule has 1 aliphatic heterocycles. The van der Waals surface area contributed by atoms with Gasteiger partial charge in [0, 0.05) is 53.7 Å². The van der Waals surface area contributed by atoms with Crippen molar-refractivity contribution in [3.05, 3.63) is 65.3 Å². The lowest BCUT2D eigenvalue weighted by molar-refractivity contribution is 0.0895. The van der Waals surface area contributed by atoms with Gasteiger partial charge in [-0.3, -0.25) is 4.79 Å². The van der Waals surface area contributed by atoms with Gasteiger partial charge >= 0.3 is 11.8 Å². The summed E-state index contributed by atoms with van der Waals surface area (Å²) in [5.74, 6) is -0.450. The number of aromatic amines is 1. The third-order valence-corrected chi connectivity index (χ3v) is 8.44. The zero-order valence-electron chi connectivity index (χ0n) is 23.2. The molecule has 1 saturated carbocycles. The second kappa shape index (κ2) is 9.62. The Morgan fingerprint density at radius 3 is 2.76 bits per heavy atom. The average Bonchev–Trinajstić information content (AvgIpc) is 3.37. The summed E-state index contributed by atoms with van der Waals surface area (Å²) in [5.41, 5.74) is 4.99. The number of carbonyl (C=O) groups is 1. The fraction of sp³-hybridized carbons (Fsp3) is 0.367. The topological polar surface area (TPSA) is 125 Å². The van der Waals surface area contributed by atoms with Gasteiger partial charge in [-0.1, -0.05) is 18.1 Å². The molecule has 1 atom stereocenters. The Labute approximate surface area is 235 Å². The Morgan fingerprint density at radius 2 is 1.98 bits per heavy atom. The van der Waals surface area contributed by atoms with Crippen molar-refractivity contribution in [2.24, 2.45) is 0 Å². The number of fused-ring (bicyclic) bond motifs is 3. The maximum atomic E-state index is 15.8. The van der Waals surface area contributed by atoms with Gasteiger partial charge in [0.1, 0.15) is 17.8 Å². The van der Waals surface area contributed by atoms with Gasteiger partial charge in [-0.05, 0) is 62.1 Å². The SMILES string of the molecule is Cc1cc(-c2ncnc3[nH]c4cc(N5CCNCC5)ccc4c23)c(F)cc1[C@@H](C)NC(=O)c1nc(C2(C)CC2)no1. The summed E-state index contributed by atoms with van der Waals surface area (Å²) in [7, 11) is 0. The number of hydrogen-bond donors (Lipinski definition) is 3. The van der Waals surface area contributed by atoms with Crippen LogP contribution in [-0.4, -0.2) is 57.2 Å². The van der Waals surface area contributed by atoms with Crippen LogP contribution in [-0.2, 0) is 5.41 Å². The lowest BCUT2D eigenvalue weighted by Gasteiger charge is -2.29. The number of hydrogen-bond acceptors (Lipinski definition) is 8. The van der Waals surface area contributed by atoms with Gasteiger partial charge in [-0.15, -0.1) is 0 Å². The van der Waals surface area contributed by atoms with Crippen LogP contribution in [0.2, 0.25) is 0 Å². The number of amides is 1. The summed E-state index contributed by atoms with van der Waals surface area (Å²) < 4.78 is 21.0. The van der Waals surface area contributed by atoms with Gasteiger partial charge in [0.05, 0.1) is 17.1 Å². The molecular weight excluding hydrogens is 523 g/mol. The fourth-order valence-corrected chi connectivity index (χ4v) is 5.69. The standard InChI is InChI=1S/C30H31FN8O2/c1-16-12-21(22(31)14-20(16)17(2)35-27(40)28-37-29(38-41-28)30(3)6-7-30)25-24-19-5-4-18(39-10-8-32-9-11-39)13-23(19)36-26(24)34-15-33-25/h4-5,12-15,17,32H,6-11H2,1-3H3,(H,35,40)(H,33,34,36)/t17-/m1/s1. The van der Waals surface area contributed by atoms with E-state index in [2.05, 4.69) is 58.8 Å². The molecule has 0 spiro atoms. The molecule has 41 heavy (non-hydrogen) atoms. The monoisotopic (exact) mass is 554 g/mol. The first-order valence-corrected chi connectivity index (χ1v) is 14.0. The van der Waals surface area contributed by atoms with Crippen LogP contribution in [0, 0.1) is 12.7 Å². The van der Waals surface area contributed by atoms with Gasteiger partial charge in [0.2, 0.25) is 0 Å². The molecule has 2 aliphatic rings. The molecular formula is C30H31FN8O2. The van der Waals surface area contributed by atoms with E-state index in [-0.39, 0.29) is 11.3 Å². The first-order valence-electron chi connectivity index (χ1n) is 14.0. The average molecular weight is 555 g/mol. The number of rotatable bonds is 6. The molecule has 0 unspecified atom stereocenters. The number of aromatic nitrogens is 5. The maximum absolute atomic E-state index is 15.8. The molecule has 3 aromatic heterocycles. The lowest BCUT2D eigenvalue weighted by Crippen LogP contribution is -2.43. The maximum Gasteiger partial charge on any atom is 0.315 e. The summed E-state index contributed by atoms with van der Waals surface area (Å²) in [6.07, 6.45) is 3.41. The Hall–Kier alpha value is -4.38. The molecule has 11 heteroatoms. The fourth-order valence-electron chi connectivity index (χ4n) is 5.69. The number of nitrogens with one attached hydrogen (secondary N) is 3. The van der Waals surface area contributed by atoms with Crippen LogP contribution in [0.1, 0.15) is 60.4 Å². The summed E-state index contributed by atoms with van der Waals surface area (Å²) >= 11 is 0. The van der Waals surface area contributed by atoms with Crippen LogP contribution in [0.3, 0.4) is 0 Å². The molecule has 1 amide bonds. The first-order chi connectivity index (χ1) is 19.8. The zero-order chi connectivity index (χ0) is 28.3. The molecule has 1 saturated heterocycles. The number of piperazine rings is 1. The largest absolute Gasteiger partial charge is 0.369 e. The van der Waals surface area contributed by atoms with E-state index < -0.39 is 17.8 Å². The van der Waals surface area contributed by atoms with Crippen molar-refractivity contribution in [2.75, 3.05) is 31.1 Å². The third kappa shape index (κ3) is 4.50. The Morgan fingerprint density at radius 1 is 1.17 bits per heavy atom. The predicted molar refractivity (Wildman–Crippen MR) is 153 cm³/mol. The van der Waals surface area contributed by atoms with Crippen LogP contribution < -0.4 is 15.5 Å². The molecule has 10 nitrogen and oxygen atoms in total. The van der Waals surface area contributed by atoms with Gasteiger partial charge in [0.25, 0.3) is 0 Å². The number of H-pyrrole nitrogens is 1. The third-order valence-electron chi connectivity index (χ3n) is 8.44. The Kier molecular flexibility index (Phi) is 6.00. The van der Waals surface area contributed by atoms with Gasteiger partial charge in [-0.2, -0.15) is 4.98 Å². The molecule has 5 aromatic rings. The highest BCUT2D eigenvalue weighted by Gasteiger charge is 2.44. The van der Waals surface area contributed by atoms with Crippen molar-refractivity contribution in [3.63, 3.8) is 0 Å². The van der Waals surface area contributed by atoms with E-state index in [1.807, 2.05) is 13.8 Å². The van der Waals surface area contributed by atoms with E-state index in [1.165, 1.54) is 12.4 Å². The molecule has 2 fully saturated rings. The van der Waals surface area contributed by atoms with Crippen molar-refractivity contribution in [1.82, 2.24) is 35.7 Å². The van der Waals surface area contributed by atoms with Crippen molar-refractivity contribution in [1.29, 1.82) is 0 Å². The number of benzene rings is 2. The minimum absolute atomic E-state index is 0.0856. The molecule has 1 aliphatic carbocycles. The van der Waals surface area contributed by atoms with Crippen LogP contribution in [0.25, 0.3) is 33.2 Å². The highest BCUT2D eigenvalue weighted by atomic mass is 19.1. The van der Waals surface area contributed by atoms with E-state index >= 15 is 4.39 Å². The molecule has 7 rings (SSSR count). The van der Waals surface area contributed by atoms with Crippen molar-refractivity contribution < 1.29 is 13.7 Å². The summed E-state index contributed by atoms with van der Waals surface area (Å²) in [5, 5.41) is 11.9. The van der Waals surface area contributed by atoms with E-state index in [0.29, 0.717) is 28.3 Å². The molecule has 0 radical (unpaired) electrons. The van der Waals surface area contributed by atoms with Crippen molar-refractivity contribution in [3.8, 4) is 11.3 Å². The molecule has 0 bridgehead atoms. The van der Waals surface area contributed by atoms with Gasteiger partial charge in [0.15, 0.2) is 5.82 Å². The summed E-state index contributed by atoms with van der Waals surface area (Å²) in [6.45, 7) is 9.54. The van der Waals surface area contributed by atoms with E-state index in [9.17, 15) is 4.79 Å². The smallest absolute Gasteiger partial charge is 0.315 e. The number of anilines is 1. The van der Waals surface area contributed by atoms with E-state index in [4.69, 9.17) is 4.52 Å².